The first kappa shape index (κ1) is 20.8. The van der Waals surface area contributed by atoms with E-state index in [2.05, 4.69) is 44.2 Å². The van der Waals surface area contributed by atoms with Gasteiger partial charge in [-0.05, 0) is 32.0 Å². The monoisotopic (exact) mass is 437 g/mol. The number of rotatable bonds is 4. The van der Waals surface area contributed by atoms with Crippen molar-refractivity contribution in [1.29, 1.82) is 0 Å². The molecule has 9 heteroatoms. The molecule has 4 heterocycles. The molecular formula is C23H31N7O2. The van der Waals surface area contributed by atoms with Crippen LogP contribution in [0.4, 0.5) is 28.8 Å². The van der Waals surface area contributed by atoms with Gasteiger partial charge in [0.1, 0.15) is 11.4 Å². The van der Waals surface area contributed by atoms with Gasteiger partial charge >= 0.3 is 0 Å². The number of anilines is 5. The van der Waals surface area contributed by atoms with Crippen molar-refractivity contribution < 1.29 is 9.53 Å². The van der Waals surface area contributed by atoms with Crippen LogP contribution in [-0.2, 0) is 4.79 Å². The number of nitrogens with one attached hydrogen (secondary N) is 1. The molecule has 1 atom stereocenters. The number of hydrogen-bond donors (Lipinski definition) is 1. The number of carbonyl (C=O) groups excluding carboxylic acids is 1. The maximum Gasteiger partial charge on any atom is 0.229 e. The molecule has 2 aromatic rings. The zero-order chi connectivity index (χ0) is 22.2. The number of fused-ring (bicyclic) bond motifs is 3. The molecule has 0 unspecified atom stereocenters. The molecule has 1 aromatic carbocycles. The number of ether oxygens (including phenoxy) is 1. The molecule has 2 saturated heterocycles. The molecule has 0 bridgehead atoms. The summed E-state index contributed by atoms with van der Waals surface area (Å²) in [6.45, 7) is 5.03. The molecule has 1 N–H and O–H groups in total. The Morgan fingerprint density at radius 3 is 2.72 bits per heavy atom. The number of methoxy groups -OCH3 is 1. The van der Waals surface area contributed by atoms with E-state index in [0.717, 1.165) is 74.2 Å². The first-order chi connectivity index (χ1) is 15.5. The fourth-order valence-electron chi connectivity index (χ4n) is 4.84. The van der Waals surface area contributed by atoms with Gasteiger partial charge in [-0.15, -0.1) is 0 Å². The van der Waals surface area contributed by atoms with Crippen molar-refractivity contribution in [2.75, 3.05) is 73.9 Å². The zero-order valence-corrected chi connectivity index (χ0v) is 19.0. The predicted octanol–water partition coefficient (Wildman–Crippen LogP) is 2.32. The van der Waals surface area contributed by atoms with Gasteiger partial charge in [0.05, 0.1) is 19.0 Å². The number of carbonyl (C=O) groups is 1. The highest BCUT2D eigenvalue weighted by atomic mass is 16.5. The van der Waals surface area contributed by atoms with Gasteiger partial charge in [-0.2, -0.15) is 4.98 Å². The van der Waals surface area contributed by atoms with Crippen molar-refractivity contribution in [3.8, 4) is 5.75 Å². The Morgan fingerprint density at radius 1 is 1.12 bits per heavy atom. The van der Waals surface area contributed by atoms with Gasteiger partial charge < -0.3 is 29.7 Å². The SMILES string of the molecule is COc1cc(N2CCN(C)CC2)ccc1Nc1ncc2c(n1)N1CCC[C@H]1CC(=O)N2C. The van der Waals surface area contributed by atoms with Crippen LogP contribution >= 0.6 is 0 Å². The van der Waals surface area contributed by atoms with Crippen LogP contribution in [0.2, 0.25) is 0 Å². The topological polar surface area (TPSA) is 77.1 Å². The number of aromatic nitrogens is 2. The number of nitrogens with zero attached hydrogens (tertiary/aromatic N) is 6. The lowest BCUT2D eigenvalue weighted by Gasteiger charge is -2.34. The summed E-state index contributed by atoms with van der Waals surface area (Å²) in [5.74, 6) is 2.20. The Balaban J connectivity index is 1.41. The summed E-state index contributed by atoms with van der Waals surface area (Å²) in [5.41, 5.74) is 2.74. The lowest BCUT2D eigenvalue weighted by Crippen LogP contribution is -2.44. The molecule has 1 amide bonds. The van der Waals surface area contributed by atoms with E-state index in [1.807, 2.05) is 6.07 Å². The fraction of sp³-hybridized carbons (Fsp3) is 0.522. The van der Waals surface area contributed by atoms with Crippen molar-refractivity contribution in [2.45, 2.75) is 25.3 Å². The summed E-state index contributed by atoms with van der Waals surface area (Å²) in [6.07, 6.45) is 4.37. The molecule has 32 heavy (non-hydrogen) atoms. The van der Waals surface area contributed by atoms with Gasteiger partial charge in [-0.25, -0.2) is 4.98 Å². The molecule has 0 radical (unpaired) electrons. The highest BCUT2D eigenvalue weighted by Gasteiger charge is 2.35. The predicted molar refractivity (Wildman–Crippen MR) is 126 cm³/mol. The average Bonchev–Trinajstić information content (AvgIpc) is 3.24. The Hall–Kier alpha value is -3.07. The van der Waals surface area contributed by atoms with E-state index in [0.29, 0.717) is 12.4 Å². The third kappa shape index (κ3) is 3.81. The first-order valence-corrected chi connectivity index (χ1v) is 11.3. The van der Waals surface area contributed by atoms with E-state index in [1.54, 1.807) is 25.3 Å². The Labute approximate surface area is 189 Å². The lowest BCUT2D eigenvalue weighted by molar-refractivity contribution is -0.118. The number of piperazine rings is 1. The van der Waals surface area contributed by atoms with Crippen LogP contribution in [0.5, 0.6) is 5.75 Å². The minimum Gasteiger partial charge on any atom is -0.494 e. The average molecular weight is 438 g/mol. The molecule has 5 rings (SSSR count). The van der Waals surface area contributed by atoms with Crippen LogP contribution in [0.3, 0.4) is 0 Å². The summed E-state index contributed by atoms with van der Waals surface area (Å²) in [7, 11) is 5.64. The second kappa shape index (κ2) is 8.46. The van der Waals surface area contributed by atoms with E-state index >= 15 is 0 Å². The van der Waals surface area contributed by atoms with Gasteiger partial charge in [-0.3, -0.25) is 4.79 Å². The minimum atomic E-state index is 0.117. The number of benzene rings is 1. The summed E-state index contributed by atoms with van der Waals surface area (Å²) >= 11 is 0. The van der Waals surface area contributed by atoms with Crippen molar-refractivity contribution in [2.24, 2.45) is 0 Å². The van der Waals surface area contributed by atoms with Gasteiger partial charge in [-0.1, -0.05) is 0 Å². The zero-order valence-electron chi connectivity index (χ0n) is 19.0. The van der Waals surface area contributed by atoms with Crippen molar-refractivity contribution in [3.63, 3.8) is 0 Å². The molecule has 3 aliphatic rings. The number of amides is 1. The fourth-order valence-corrected chi connectivity index (χ4v) is 4.84. The van der Waals surface area contributed by atoms with E-state index in [1.165, 1.54) is 0 Å². The van der Waals surface area contributed by atoms with Crippen LogP contribution in [0.1, 0.15) is 19.3 Å². The molecule has 1 aromatic heterocycles. The standard InChI is InChI=1S/C23H31N7O2/c1-27-9-11-29(12-10-27)16-6-7-18(20(13-16)32-3)25-23-24-15-19-22(26-23)30-8-4-5-17(30)14-21(31)28(19)2/h6-7,13,15,17H,4-5,8-12,14H2,1-3H3,(H,24,25,26)/t17-/m0/s1. The van der Waals surface area contributed by atoms with E-state index < -0.39 is 0 Å². The van der Waals surface area contributed by atoms with Gasteiger partial charge in [0.15, 0.2) is 5.82 Å². The third-order valence-electron chi connectivity index (χ3n) is 6.84. The quantitative estimate of drug-likeness (QED) is 0.781. The first-order valence-electron chi connectivity index (χ1n) is 11.3. The highest BCUT2D eigenvalue weighted by Crippen LogP contribution is 2.38. The number of likely N-dealkylation sites (N-methyl/N-ethyl adjacent to an activating group) is 1. The number of hydrogen-bond acceptors (Lipinski definition) is 8. The van der Waals surface area contributed by atoms with Gasteiger partial charge in [0, 0.05) is 64.0 Å². The summed E-state index contributed by atoms with van der Waals surface area (Å²) in [6, 6.07) is 6.42. The van der Waals surface area contributed by atoms with Crippen molar-refractivity contribution in [3.05, 3.63) is 24.4 Å². The van der Waals surface area contributed by atoms with Gasteiger partial charge in [0.25, 0.3) is 0 Å². The molecule has 0 spiro atoms. The van der Waals surface area contributed by atoms with Crippen LogP contribution in [0.25, 0.3) is 0 Å². The van der Waals surface area contributed by atoms with Crippen molar-refractivity contribution >= 4 is 34.7 Å². The summed E-state index contributed by atoms with van der Waals surface area (Å²) in [5, 5.41) is 3.33. The van der Waals surface area contributed by atoms with E-state index in [-0.39, 0.29) is 11.9 Å². The molecule has 3 aliphatic heterocycles. The highest BCUT2D eigenvalue weighted by molar-refractivity contribution is 5.97. The smallest absolute Gasteiger partial charge is 0.229 e. The third-order valence-corrected chi connectivity index (χ3v) is 6.84. The minimum absolute atomic E-state index is 0.117. The van der Waals surface area contributed by atoms with Crippen LogP contribution in [0.15, 0.2) is 24.4 Å². The molecular weight excluding hydrogens is 406 g/mol. The Morgan fingerprint density at radius 2 is 1.94 bits per heavy atom. The Bertz CT molecular complexity index is 1010. The van der Waals surface area contributed by atoms with E-state index in [9.17, 15) is 4.79 Å². The van der Waals surface area contributed by atoms with Crippen LogP contribution in [0, 0.1) is 0 Å². The van der Waals surface area contributed by atoms with E-state index in [4.69, 9.17) is 9.72 Å². The molecule has 9 nitrogen and oxygen atoms in total. The van der Waals surface area contributed by atoms with Gasteiger partial charge in [0.2, 0.25) is 11.9 Å². The summed E-state index contributed by atoms with van der Waals surface area (Å²) < 4.78 is 5.68. The lowest BCUT2D eigenvalue weighted by atomic mass is 10.1. The van der Waals surface area contributed by atoms with Crippen LogP contribution < -0.4 is 24.8 Å². The maximum atomic E-state index is 12.6. The van der Waals surface area contributed by atoms with Crippen LogP contribution in [-0.4, -0.2) is 80.7 Å². The maximum absolute atomic E-state index is 12.6. The van der Waals surface area contributed by atoms with Crippen molar-refractivity contribution in [1.82, 2.24) is 14.9 Å². The largest absolute Gasteiger partial charge is 0.494 e. The molecule has 0 aliphatic carbocycles. The molecule has 170 valence electrons. The second-order valence-corrected chi connectivity index (χ2v) is 8.85. The molecule has 2 fully saturated rings. The molecule has 0 saturated carbocycles. The summed E-state index contributed by atoms with van der Waals surface area (Å²) in [4.78, 5) is 30.6. The normalized spacial score (nSPS) is 21.3. The second-order valence-electron chi connectivity index (χ2n) is 8.85. The Kier molecular flexibility index (Phi) is 5.50.